The molecule has 0 aliphatic heterocycles. The molecule has 0 atom stereocenters. The van der Waals surface area contributed by atoms with E-state index in [1.165, 1.54) is 19.3 Å². The predicted octanol–water partition coefficient (Wildman–Crippen LogP) is 4.68. The second-order valence-electron chi connectivity index (χ2n) is 7.61. The molecule has 2 aromatic heterocycles. The molecule has 1 fully saturated rings. The van der Waals surface area contributed by atoms with Crippen molar-refractivity contribution in [2.24, 2.45) is 0 Å². The van der Waals surface area contributed by atoms with E-state index in [4.69, 9.17) is 4.98 Å². The van der Waals surface area contributed by atoms with Crippen molar-refractivity contribution in [3.8, 4) is 22.8 Å². The van der Waals surface area contributed by atoms with Crippen LogP contribution in [0.5, 0.6) is 0 Å². The molecule has 1 aliphatic carbocycles. The lowest BCUT2D eigenvalue weighted by Gasteiger charge is -2.22. The number of rotatable bonds is 4. The highest BCUT2D eigenvalue weighted by Crippen LogP contribution is 2.29. The molecule has 2 heterocycles. The van der Waals surface area contributed by atoms with Gasteiger partial charge >= 0.3 is 0 Å². The SMILES string of the molecule is O=C(NC1CCCCC1)c1ccc2nc(-c3ccccc3-c3ncc[nH]3)[nH]c2c1. The first-order chi connectivity index (χ1) is 14.3. The zero-order chi connectivity index (χ0) is 19.6. The number of carbonyl (C=O) groups excluding carboxylic acids is 1. The number of nitrogens with one attached hydrogen (secondary N) is 3. The van der Waals surface area contributed by atoms with Gasteiger partial charge in [-0.25, -0.2) is 9.97 Å². The van der Waals surface area contributed by atoms with E-state index in [1.54, 1.807) is 6.20 Å². The van der Waals surface area contributed by atoms with Gasteiger partial charge in [0.05, 0.1) is 11.0 Å². The van der Waals surface area contributed by atoms with Gasteiger partial charge < -0.3 is 15.3 Å². The highest BCUT2D eigenvalue weighted by Gasteiger charge is 2.18. The summed E-state index contributed by atoms with van der Waals surface area (Å²) < 4.78 is 0. The molecule has 0 spiro atoms. The highest BCUT2D eigenvalue weighted by atomic mass is 16.1. The third-order valence-corrected chi connectivity index (χ3v) is 5.62. The van der Waals surface area contributed by atoms with Crippen LogP contribution in [-0.2, 0) is 0 Å². The number of benzene rings is 2. The third kappa shape index (κ3) is 3.53. The fraction of sp³-hybridized carbons (Fsp3) is 0.261. The van der Waals surface area contributed by atoms with Crippen LogP contribution in [0.15, 0.2) is 54.9 Å². The molecule has 0 bridgehead atoms. The Balaban J connectivity index is 1.45. The molecule has 5 rings (SSSR count). The molecule has 1 aliphatic rings. The second kappa shape index (κ2) is 7.54. The topological polar surface area (TPSA) is 86.5 Å². The maximum Gasteiger partial charge on any atom is 0.251 e. The van der Waals surface area contributed by atoms with Gasteiger partial charge in [-0.2, -0.15) is 0 Å². The van der Waals surface area contributed by atoms with Crippen molar-refractivity contribution in [1.29, 1.82) is 0 Å². The van der Waals surface area contributed by atoms with Gasteiger partial charge in [0.25, 0.3) is 5.91 Å². The third-order valence-electron chi connectivity index (χ3n) is 5.62. The minimum Gasteiger partial charge on any atom is -0.349 e. The van der Waals surface area contributed by atoms with E-state index >= 15 is 0 Å². The van der Waals surface area contributed by atoms with Gasteiger partial charge in [-0.3, -0.25) is 4.79 Å². The van der Waals surface area contributed by atoms with E-state index in [9.17, 15) is 4.79 Å². The molecule has 1 amide bonds. The van der Waals surface area contributed by atoms with Crippen LogP contribution in [0.25, 0.3) is 33.8 Å². The largest absolute Gasteiger partial charge is 0.349 e. The lowest BCUT2D eigenvalue weighted by Crippen LogP contribution is -2.36. The van der Waals surface area contributed by atoms with Crippen molar-refractivity contribution in [1.82, 2.24) is 25.3 Å². The van der Waals surface area contributed by atoms with Crippen molar-refractivity contribution in [2.45, 2.75) is 38.1 Å². The summed E-state index contributed by atoms with van der Waals surface area (Å²) >= 11 is 0. The van der Waals surface area contributed by atoms with E-state index in [0.717, 1.165) is 46.7 Å². The van der Waals surface area contributed by atoms with Crippen LogP contribution in [0, 0.1) is 0 Å². The van der Waals surface area contributed by atoms with Gasteiger partial charge in [-0.1, -0.05) is 43.5 Å². The minimum atomic E-state index is -0.00839. The van der Waals surface area contributed by atoms with Crippen LogP contribution in [0.3, 0.4) is 0 Å². The van der Waals surface area contributed by atoms with Crippen molar-refractivity contribution < 1.29 is 4.79 Å². The Bertz CT molecular complexity index is 1140. The number of carbonyl (C=O) groups is 1. The molecule has 4 aromatic rings. The Morgan fingerprint density at radius 2 is 1.79 bits per heavy atom. The first-order valence-corrected chi connectivity index (χ1v) is 10.2. The molecule has 146 valence electrons. The van der Waals surface area contributed by atoms with Crippen molar-refractivity contribution in [3.63, 3.8) is 0 Å². The Labute approximate surface area is 168 Å². The molecular formula is C23H23N5O. The summed E-state index contributed by atoms with van der Waals surface area (Å²) in [7, 11) is 0. The maximum atomic E-state index is 12.7. The number of imidazole rings is 2. The minimum absolute atomic E-state index is 0.00839. The van der Waals surface area contributed by atoms with Gasteiger partial charge in [0.15, 0.2) is 0 Å². The standard InChI is InChI=1S/C23H23N5O/c29-23(26-16-6-2-1-3-7-16)15-10-11-19-20(14-15)28-22(27-19)18-9-5-4-8-17(18)21-24-12-13-25-21/h4-5,8-14,16H,1-3,6-7H2,(H,24,25)(H,26,29)(H,27,28). The lowest BCUT2D eigenvalue weighted by molar-refractivity contribution is 0.0928. The molecule has 2 aromatic carbocycles. The number of hydrogen-bond donors (Lipinski definition) is 3. The van der Waals surface area contributed by atoms with Gasteiger partial charge in [-0.05, 0) is 31.0 Å². The maximum absolute atomic E-state index is 12.7. The fourth-order valence-electron chi connectivity index (χ4n) is 4.10. The Morgan fingerprint density at radius 3 is 2.55 bits per heavy atom. The monoisotopic (exact) mass is 385 g/mol. The summed E-state index contributed by atoms with van der Waals surface area (Å²) in [6.45, 7) is 0. The molecule has 6 nitrogen and oxygen atoms in total. The predicted molar refractivity (Wildman–Crippen MR) is 113 cm³/mol. The van der Waals surface area contributed by atoms with Crippen molar-refractivity contribution in [3.05, 3.63) is 60.4 Å². The Hall–Kier alpha value is -3.41. The summed E-state index contributed by atoms with van der Waals surface area (Å²) in [5.74, 6) is 1.55. The molecule has 3 N–H and O–H groups in total. The first kappa shape index (κ1) is 17.7. The van der Waals surface area contributed by atoms with E-state index in [1.807, 2.05) is 48.7 Å². The van der Waals surface area contributed by atoms with Gasteiger partial charge in [0.2, 0.25) is 0 Å². The zero-order valence-corrected chi connectivity index (χ0v) is 16.1. The first-order valence-electron chi connectivity index (χ1n) is 10.2. The number of nitrogens with zero attached hydrogens (tertiary/aromatic N) is 2. The summed E-state index contributed by atoms with van der Waals surface area (Å²) in [6.07, 6.45) is 9.36. The smallest absolute Gasteiger partial charge is 0.251 e. The average Bonchev–Trinajstić information content (AvgIpc) is 3.44. The number of aromatic nitrogens is 4. The molecule has 1 saturated carbocycles. The van der Waals surface area contributed by atoms with Crippen LogP contribution in [0.4, 0.5) is 0 Å². The van der Waals surface area contributed by atoms with E-state index in [0.29, 0.717) is 11.6 Å². The van der Waals surface area contributed by atoms with Crippen molar-refractivity contribution >= 4 is 16.9 Å². The van der Waals surface area contributed by atoms with E-state index < -0.39 is 0 Å². The fourth-order valence-corrected chi connectivity index (χ4v) is 4.10. The van der Waals surface area contributed by atoms with Crippen LogP contribution in [0.1, 0.15) is 42.5 Å². The molecule has 0 unspecified atom stereocenters. The van der Waals surface area contributed by atoms with Gasteiger partial charge in [0.1, 0.15) is 11.6 Å². The second-order valence-corrected chi connectivity index (χ2v) is 7.61. The normalized spacial score (nSPS) is 14.9. The number of H-pyrrole nitrogens is 2. The summed E-state index contributed by atoms with van der Waals surface area (Å²) in [5, 5.41) is 3.18. The van der Waals surface area contributed by atoms with Crippen molar-refractivity contribution in [2.75, 3.05) is 0 Å². The van der Waals surface area contributed by atoms with Crippen LogP contribution in [-0.4, -0.2) is 31.9 Å². The number of aromatic amines is 2. The number of fused-ring (bicyclic) bond motifs is 1. The number of hydrogen-bond acceptors (Lipinski definition) is 3. The van der Waals surface area contributed by atoms with Crippen LogP contribution in [0.2, 0.25) is 0 Å². The Morgan fingerprint density at radius 1 is 1.00 bits per heavy atom. The summed E-state index contributed by atoms with van der Waals surface area (Å²) in [4.78, 5) is 28.3. The summed E-state index contributed by atoms with van der Waals surface area (Å²) in [5.41, 5.74) is 4.30. The highest BCUT2D eigenvalue weighted by molar-refractivity contribution is 5.98. The Kier molecular flexibility index (Phi) is 4.60. The van der Waals surface area contributed by atoms with Gasteiger partial charge in [0, 0.05) is 35.1 Å². The molecular weight excluding hydrogens is 362 g/mol. The quantitative estimate of drug-likeness (QED) is 0.477. The number of amides is 1. The zero-order valence-electron chi connectivity index (χ0n) is 16.1. The molecule has 0 radical (unpaired) electrons. The molecule has 0 saturated heterocycles. The molecule has 6 heteroatoms. The average molecular weight is 385 g/mol. The van der Waals surface area contributed by atoms with Crippen LogP contribution < -0.4 is 5.32 Å². The van der Waals surface area contributed by atoms with E-state index in [2.05, 4.69) is 20.3 Å². The lowest BCUT2D eigenvalue weighted by atomic mass is 9.95. The summed E-state index contributed by atoms with van der Waals surface area (Å²) in [6, 6.07) is 13.9. The van der Waals surface area contributed by atoms with Crippen LogP contribution >= 0.6 is 0 Å². The van der Waals surface area contributed by atoms with Gasteiger partial charge in [-0.15, -0.1) is 0 Å². The van der Waals surface area contributed by atoms with E-state index in [-0.39, 0.29) is 5.91 Å². The molecule has 29 heavy (non-hydrogen) atoms.